The van der Waals surface area contributed by atoms with Gasteiger partial charge in [-0.25, -0.2) is 0 Å². The fraction of sp³-hybridized carbons (Fsp3) is 0.0769. The molecule has 96 valence electrons. The molecule has 3 aromatic heterocycles. The second-order valence-electron chi connectivity index (χ2n) is 4.05. The molecule has 0 saturated carbocycles. The van der Waals surface area contributed by atoms with Crippen LogP contribution in [0.2, 0.25) is 4.34 Å². The number of hydrogen-bond donors (Lipinski definition) is 1. The lowest BCUT2D eigenvalue weighted by atomic mass is 10.1. The minimum Gasteiger partial charge on any atom is -0.383 e. The SMILES string of the molecule is Cn1nc(-c2ccc(Cl)s2)c(-c2ccccn2)c1N. The van der Waals surface area contributed by atoms with Gasteiger partial charge in [0.1, 0.15) is 11.5 Å². The molecular formula is C13H11ClN4S. The maximum absolute atomic E-state index is 6.11. The molecular weight excluding hydrogens is 280 g/mol. The Kier molecular flexibility index (Phi) is 3.00. The first-order valence-electron chi connectivity index (χ1n) is 5.66. The van der Waals surface area contributed by atoms with Gasteiger partial charge in [0.15, 0.2) is 0 Å². The van der Waals surface area contributed by atoms with Crippen molar-refractivity contribution in [3.05, 3.63) is 40.9 Å². The Hall–Kier alpha value is -1.85. The summed E-state index contributed by atoms with van der Waals surface area (Å²) in [6.07, 6.45) is 1.74. The Balaban J connectivity index is 2.24. The Morgan fingerprint density at radius 3 is 2.74 bits per heavy atom. The zero-order chi connectivity index (χ0) is 13.4. The summed E-state index contributed by atoms with van der Waals surface area (Å²) in [4.78, 5) is 5.34. The highest BCUT2D eigenvalue weighted by Gasteiger charge is 2.19. The average Bonchev–Trinajstić information content (AvgIpc) is 2.96. The number of anilines is 1. The summed E-state index contributed by atoms with van der Waals surface area (Å²) in [6.45, 7) is 0. The van der Waals surface area contributed by atoms with E-state index in [9.17, 15) is 0 Å². The van der Waals surface area contributed by atoms with Gasteiger partial charge in [0.25, 0.3) is 0 Å². The van der Waals surface area contributed by atoms with Crippen LogP contribution >= 0.6 is 22.9 Å². The highest BCUT2D eigenvalue weighted by Crippen LogP contribution is 2.38. The smallest absolute Gasteiger partial charge is 0.131 e. The second-order valence-corrected chi connectivity index (χ2v) is 5.77. The van der Waals surface area contributed by atoms with Crippen LogP contribution < -0.4 is 5.73 Å². The van der Waals surface area contributed by atoms with Crippen LogP contribution in [-0.2, 0) is 7.05 Å². The molecule has 4 nitrogen and oxygen atoms in total. The maximum Gasteiger partial charge on any atom is 0.131 e. The van der Waals surface area contributed by atoms with E-state index in [-0.39, 0.29) is 0 Å². The molecule has 0 aliphatic carbocycles. The van der Waals surface area contributed by atoms with Crippen molar-refractivity contribution in [2.75, 3.05) is 5.73 Å². The molecule has 0 aromatic carbocycles. The average molecular weight is 291 g/mol. The van der Waals surface area contributed by atoms with Gasteiger partial charge in [0.2, 0.25) is 0 Å². The Labute approximate surface area is 119 Å². The molecule has 3 aromatic rings. The zero-order valence-corrected chi connectivity index (χ0v) is 11.7. The third kappa shape index (κ3) is 2.11. The summed E-state index contributed by atoms with van der Waals surface area (Å²) >= 11 is 7.47. The van der Waals surface area contributed by atoms with Crippen molar-refractivity contribution in [2.24, 2.45) is 7.05 Å². The number of pyridine rings is 1. The third-order valence-electron chi connectivity index (χ3n) is 2.82. The number of hydrogen-bond acceptors (Lipinski definition) is 4. The van der Waals surface area contributed by atoms with Crippen LogP contribution in [0.5, 0.6) is 0 Å². The first-order chi connectivity index (χ1) is 9.16. The maximum atomic E-state index is 6.11. The van der Waals surface area contributed by atoms with E-state index < -0.39 is 0 Å². The van der Waals surface area contributed by atoms with Crippen molar-refractivity contribution in [2.45, 2.75) is 0 Å². The van der Waals surface area contributed by atoms with E-state index in [0.717, 1.165) is 26.2 Å². The van der Waals surface area contributed by atoms with E-state index in [0.29, 0.717) is 5.82 Å². The van der Waals surface area contributed by atoms with Crippen molar-refractivity contribution in [1.82, 2.24) is 14.8 Å². The first kappa shape index (κ1) is 12.2. The van der Waals surface area contributed by atoms with Crippen LogP contribution in [0.1, 0.15) is 0 Å². The number of nitrogen functional groups attached to an aromatic ring is 1. The van der Waals surface area contributed by atoms with Gasteiger partial charge in [0.05, 0.1) is 20.5 Å². The molecule has 6 heteroatoms. The van der Waals surface area contributed by atoms with Gasteiger partial charge in [-0.05, 0) is 24.3 Å². The van der Waals surface area contributed by atoms with Crippen LogP contribution in [0.15, 0.2) is 36.5 Å². The molecule has 0 saturated heterocycles. The van der Waals surface area contributed by atoms with Crippen molar-refractivity contribution < 1.29 is 0 Å². The van der Waals surface area contributed by atoms with Gasteiger partial charge in [-0.15, -0.1) is 11.3 Å². The van der Waals surface area contributed by atoms with Crippen LogP contribution in [0.4, 0.5) is 5.82 Å². The summed E-state index contributed by atoms with van der Waals surface area (Å²) in [6, 6.07) is 9.53. The predicted octanol–water partition coefficient (Wildman–Crippen LogP) is 3.45. The van der Waals surface area contributed by atoms with Gasteiger partial charge in [-0.1, -0.05) is 17.7 Å². The highest BCUT2D eigenvalue weighted by atomic mass is 35.5. The fourth-order valence-corrected chi connectivity index (χ4v) is 2.95. The van der Waals surface area contributed by atoms with Crippen LogP contribution in [-0.4, -0.2) is 14.8 Å². The predicted molar refractivity (Wildman–Crippen MR) is 79.2 cm³/mol. The molecule has 0 fully saturated rings. The molecule has 0 aliphatic heterocycles. The molecule has 3 rings (SSSR count). The molecule has 0 radical (unpaired) electrons. The van der Waals surface area contributed by atoms with Crippen molar-refractivity contribution in [1.29, 1.82) is 0 Å². The fourth-order valence-electron chi connectivity index (χ4n) is 1.91. The zero-order valence-electron chi connectivity index (χ0n) is 10.2. The minimum atomic E-state index is 0.596. The number of halogens is 1. The molecule has 0 bridgehead atoms. The van der Waals surface area contributed by atoms with Crippen LogP contribution in [0.3, 0.4) is 0 Å². The normalized spacial score (nSPS) is 10.8. The molecule has 0 unspecified atom stereocenters. The van der Waals surface area contributed by atoms with Crippen molar-refractivity contribution >= 4 is 28.8 Å². The Morgan fingerprint density at radius 1 is 1.26 bits per heavy atom. The molecule has 19 heavy (non-hydrogen) atoms. The largest absolute Gasteiger partial charge is 0.383 e. The van der Waals surface area contributed by atoms with E-state index in [1.165, 1.54) is 11.3 Å². The first-order valence-corrected chi connectivity index (χ1v) is 6.86. The van der Waals surface area contributed by atoms with E-state index in [2.05, 4.69) is 10.1 Å². The lowest BCUT2D eigenvalue weighted by Crippen LogP contribution is -1.98. The molecule has 0 amide bonds. The Bertz CT molecular complexity index is 718. The van der Waals surface area contributed by atoms with Crippen molar-refractivity contribution in [3.8, 4) is 21.8 Å². The number of aryl methyl sites for hydroxylation is 1. The lowest BCUT2D eigenvalue weighted by Gasteiger charge is -2.01. The summed E-state index contributed by atoms with van der Waals surface area (Å²) in [5.74, 6) is 0.596. The number of nitrogens with two attached hydrogens (primary N) is 1. The Morgan fingerprint density at radius 2 is 2.11 bits per heavy atom. The minimum absolute atomic E-state index is 0.596. The summed E-state index contributed by atoms with van der Waals surface area (Å²) in [7, 11) is 1.82. The topological polar surface area (TPSA) is 56.7 Å². The summed E-state index contributed by atoms with van der Waals surface area (Å²) in [5, 5.41) is 4.47. The van der Waals surface area contributed by atoms with E-state index >= 15 is 0 Å². The van der Waals surface area contributed by atoms with E-state index in [4.69, 9.17) is 17.3 Å². The van der Waals surface area contributed by atoms with Crippen LogP contribution in [0, 0.1) is 0 Å². The van der Waals surface area contributed by atoms with Crippen LogP contribution in [0.25, 0.3) is 21.8 Å². The number of aromatic nitrogens is 3. The number of thiophene rings is 1. The highest BCUT2D eigenvalue weighted by molar-refractivity contribution is 7.19. The molecule has 0 atom stereocenters. The van der Waals surface area contributed by atoms with Gasteiger partial charge < -0.3 is 5.73 Å². The molecule has 3 heterocycles. The van der Waals surface area contributed by atoms with Crippen molar-refractivity contribution in [3.63, 3.8) is 0 Å². The van der Waals surface area contributed by atoms with Gasteiger partial charge in [-0.2, -0.15) is 5.10 Å². The number of rotatable bonds is 2. The summed E-state index contributed by atoms with van der Waals surface area (Å²) in [5.41, 5.74) is 8.59. The lowest BCUT2D eigenvalue weighted by molar-refractivity contribution is 0.783. The molecule has 0 spiro atoms. The third-order valence-corrected chi connectivity index (χ3v) is 4.06. The van der Waals surface area contributed by atoms with Gasteiger partial charge in [-0.3, -0.25) is 9.67 Å². The second kappa shape index (κ2) is 4.68. The molecule has 0 aliphatic rings. The van der Waals surface area contributed by atoms with E-state index in [1.807, 2.05) is 37.4 Å². The van der Waals surface area contributed by atoms with Gasteiger partial charge >= 0.3 is 0 Å². The molecule has 2 N–H and O–H groups in total. The number of nitrogens with zero attached hydrogens (tertiary/aromatic N) is 3. The standard InChI is InChI=1S/C13H11ClN4S/c1-18-13(15)11(8-4-2-3-7-16-8)12(17-18)9-5-6-10(14)19-9/h2-7H,15H2,1H3. The quantitative estimate of drug-likeness (QED) is 0.786. The summed E-state index contributed by atoms with van der Waals surface area (Å²) < 4.78 is 2.39. The monoisotopic (exact) mass is 290 g/mol. The van der Waals surface area contributed by atoms with Gasteiger partial charge in [0, 0.05) is 13.2 Å². The van der Waals surface area contributed by atoms with E-state index in [1.54, 1.807) is 10.9 Å².